The molecule has 4 rings (SSSR count). The number of piperazine rings is 1. The lowest BCUT2D eigenvalue weighted by Crippen LogP contribution is -2.56. The van der Waals surface area contributed by atoms with E-state index < -0.39 is 0 Å². The summed E-state index contributed by atoms with van der Waals surface area (Å²) in [5, 5.41) is 2.76. The second-order valence-corrected chi connectivity index (χ2v) is 8.47. The van der Waals surface area contributed by atoms with Gasteiger partial charge in [-0.25, -0.2) is 4.39 Å². The van der Waals surface area contributed by atoms with Gasteiger partial charge in [-0.1, -0.05) is 6.07 Å². The molecular weight excluding hydrogens is 430 g/mol. The molecule has 3 fully saturated rings. The molecular formula is C21H31Cl2FN4O2. The van der Waals surface area contributed by atoms with E-state index in [9.17, 15) is 14.0 Å². The largest absolute Gasteiger partial charge is 0.340 e. The molecule has 0 spiro atoms. The summed E-state index contributed by atoms with van der Waals surface area (Å²) in [6.45, 7) is 4.39. The van der Waals surface area contributed by atoms with Crippen molar-refractivity contribution in [1.29, 1.82) is 0 Å². The molecule has 0 aromatic heterocycles. The van der Waals surface area contributed by atoms with Crippen molar-refractivity contribution in [3.8, 4) is 0 Å². The van der Waals surface area contributed by atoms with Crippen LogP contribution in [-0.2, 0) is 9.59 Å². The molecule has 1 saturated heterocycles. The maximum atomic E-state index is 13.3. The summed E-state index contributed by atoms with van der Waals surface area (Å²) in [7, 11) is 0. The van der Waals surface area contributed by atoms with Crippen molar-refractivity contribution in [2.75, 3.05) is 31.5 Å². The Hall–Kier alpha value is -1.41. The normalized spacial score (nSPS) is 29.0. The average molecular weight is 461 g/mol. The number of carbonyl (C=O) groups is 2. The van der Waals surface area contributed by atoms with Gasteiger partial charge in [-0.3, -0.25) is 14.5 Å². The summed E-state index contributed by atoms with van der Waals surface area (Å²) < 4.78 is 13.3. The van der Waals surface area contributed by atoms with Gasteiger partial charge in [0.25, 0.3) is 0 Å². The third-order valence-corrected chi connectivity index (χ3v) is 6.91. The van der Waals surface area contributed by atoms with E-state index in [0.29, 0.717) is 43.7 Å². The second kappa shape index (κ2) is 10.3. The third-order valence-electron chi connectivity index (χ3n) is 6.91. The van der Waals surface area contributed by atoms with Crippen LogP contribution in [0.3, 0.4) is 0 Å². The van der Waals surface area contributed by atoms with Crippen LogP contribution in [-0.4, -0.2) is 59.9 Å². The predicted molar refractivity (Wildman–Crippen MR) is 119 cm³/mol. The molecule has 9 heteroatoms. The number of nitrogens with zero attached hydrogens (tertiary/aromatic N) is 2. The van der Waals surface area contributed by atoms with Crippen molar-refractivity contribution in [2.24, 2.45) is 23.5 Å². The van der Waals surface area contributed by atoms with E-state index in [1.54, 1.807) is 12.1 Å². The minimum absolute atomic E-state index is 0. The highest BCUT2D eigenvalue weighted by molar-refractivity contribution is 5.94. The second-order valence-electron chi connectivity index (χ2n) is 8.47. The first-order chi connectivity index (χ1) is 13.4. The van der Waals surface area contributed by atoms with Crippen LogP contribution in [0.15, 0.2) is 24.3 Å². The van der Waals surface area contributed by atoms with Crippen LogP contribution in [0.5, 0.6) is 0 Å². The zero-order valence-electron chi connectivity index (χ0n) is 17.1. The number of halogens is 3. The van der Waals surface area contributed by atoms with Gasteiger partial charge in [0.15, 0.2) is 0 Å². The summed E-state index contributed by atoms with van der Waals surface area (Å²) in [5.41, 5.74) is 6.79. The summed E-state index contributed by atoms with van der Waals surface area (Å²) in [6, 6.07) is 5.56. The van der Waals surface area contributed by atoms with Gasteiger partial charge in [0.2, 0.25) is 11.8 Å². The number of fused-ring (bicyclic) bond motifs is 2. The molecule has 168 valence electrons. The first-order valence-electron chi connectivity index (χ1n) is 10.3. The summed E-state index contributed by atoms with van der Waals surface area (Å²) in [6.07, 6.45) is 3.40. The number of amides is 2. The monoisotopic (exact) mass is 460 g/mol. The Kier molecular flexibility index (Phi) is 8.51. The zero-order chi connectivity index (χ0) is 19.8. The highest BCUT2D eigenvalue weighted by Crippen LogP contribution is 2.48. The zero-order valence-corrected chi connectivity index (χ0v) is 18.8. The molecule has 5 atom stereocenters. The fraction of sp³-hybridized carbons (Fsp3) is 0.619. The van der Waals surface area contributed by atoms with Crippen molar-refractivity contribution in [3.05, 3.63) is 30.1 Å². The topological polar surface area (TPSA) is 78.7 Å². The van der Waals surface area contributed by atoms with Crippen molar-refractivity contribution in [1.82, 2.24) is 9.80 Å². The number of nitrogens with two attached hydrogens (primary N) is 1. The first kappa shape index (κ1) is 24.9. The molecule has 1 heterocycles. The molecule has 2 bridgehead atoms. The maximum absolute atomic E-state index is 13.3. The molecule has 2 saturated carbocycles. The van der Waals surface area contributed by atoms with Crippen LogP contribution in [0.1, 0.15) is 26.2 Å². The van der Waals surface area contributed by atoms with E-state index in [0.717, 1.165) is 12.8 Å². The number of hydrogen-bond donors (Lipinski definition) is 2. The summed E-state index contributed by atoms with van der Waals surface area (Å²) in [4.78, 5) is 29.5. The Morgan fingerprint density at radius 1 is 1.13 bits per heavy atom. The lowest BCUT2D eigenvalue weighted by atomic mass is 9.84. The van der Waals surface area contributed by atoms with Crippen molar-refractivity contribution in [2.45, 2.75) is 38.3 Å². The van der Waals surface area contributed by atoms with Gasteiger partial charge in [0, 0.05) is 37.9 Å². The van der Waals surface area contributed by atoms with Crippen molar-refractivity contribution >= 4 is 42.3 Å². The summed E-state index contributed by atoms with van der Waals surface area (Å²) in [5.74, 6) is 0.625. The van der Waals surface area contributed by atoms with Gasteiger partial charge in [0.1, 0.15) is 5.82 Å². The molecule has 1 aliphatic heterocycles. The van der Waals surface area contributed by atoms with Gasteiger partial charge >= 0.3 is 0 Å². The molecule has 1 aromatic carbocycles. The highest BCUT2D eigenvalue weighted by atomic mass is 35.5. The highest BCUT2D eigenvalue weighted by Gasteiger charge is 2.50. The number of benzene rings is 1. The van der Waals surface area contributed by atoms with Gasteiger partial charge in [0.05, 0.1) is 12.0 Å². The van der Waals surface area contributed by atoms with E-state index in [-0.39, 0.29) is 60.4 Å². The number of rotatable bonds is 4. The molecule has 2 amide bonds. The van der Waals surface area contributed by atoms with Crippen LogP contribution in [0.2, 0.25) is 0 Å². The number of anilines is 1. The standard InChI is InChI=1S/C21H29FN4O2.2ClH/c1-13(20(27)24-17-4-2-3-16(22)12-17)25-7-9-26(10-8-25)21(28)18-14-5-6-15(11-14)19(18)23;;/h2-4,12-15,18-19H,5-11,23H2,1H3,(H,24,27);2*1H. The Morgan fingerprint density at radius 2 is 1.80 bits per heavy atom. The van der Waals surface area contributed by atoms with Crippen molar-refractivity contribution in [3.63, 3.8) is 0 Å². The molecule has 5 unspecified atom stereocenters. The lowest BCUT2D eigenvalue weighted by Gasteiger charge is -2.40. The van der Waals surface area contributed by atoms with Gasteiger partial charge in [-0.2, -0.15) is 0 Å². The fourth-order valence-corrected chi connectivity index (χ4v) is 5.22. The van der Waals surface area contributed by atoms with Gasteiger partial charge in [-0.05, 0) is 56.2 Å². The van der Waals surface area contributed by atoms with Crippen LogP contribution in [0.25, 0.3) is 0 Å². The van der Waals surface area contributed by atoms with Crippen LogP contribution in [0, 0.1) is 23.6 Å². The molecule has 6 nitrogen and oxygen atoms in total. The first-order valence-corrected chi connectivity index (χ1v) is 10.3. The van der Waals surface area contributed by atoms with E-state index in [1.807, 2.05) is 11.8 Å². The number of hydrogen-bond acceptors (Lipinski definition) is 4. The van der Waals surface area contributed by atoms with Gasteiger partial charge < -0.3 is 16.0 Å². The maximum Gasteiger partial charge on any atom is 0.241 e. The molecule has 1 aromatic rings. The molecule has 30 heavy (non-hydrogen) atoms. The quantitative estimate of drug-likeness (QED) is 0.723. The Balaban J connectivity index is 0.00000160. The van der Waals surface area contributed by atoms with Crippen LogP contribution in [0.4, 0.5) is 10.1 Å². The van der Waals surface area contributed by atoms with E-state index in [4.69, 9.17) is 5.73 Å². The van der Waals surface area contributed by atoms with E-state index in [2.05, 4.69) is 10.2 Å². The molecule has 3 aliphatic rings. The smallest absolute Gasteiger partial charge is 0.241 e. The Bertz CT molecular complexity index is 758. The SMILES string of the molecule is CC(C(=O)Nc1cccc(F)c1)N1CCN(C(=O)C2C3CCC(C3)C2N)CC1.Cl.Cl. The average Bonchev–Trinajstić information content (AvgIpc) is 3.28. The fourth-order valence-electron chi connectivity index (χ4n) is 5.22. The van der Waals surface area contributed by atoms with E-state index >= 15 is 0 Å². The summed E-state index contributed by atoms with van der Waals surface area (Å²) >= 11 is 0. The predicted octanol–water partition coefficient (Wildman–Crippen LogP) is 2.51. The van der Waals surface area contributed by atoms with Crippen LogP contribution >= 0.6 is 24.8 Å². The van der Waals surface area contributed by atoms with Crippen LogP contribution < -0.4 is 11.1 Å². The number of carbonyl (C=O) groups excluding carboxylic acids is 2. The Labute approximate surface area is 189 Å². The Morgan fingerprint density at radius 3 is 2.40 bits per heavy atom. The van der Waals surface area contributed by atoms with E-state index in [1.165, 1.54) is 18.6 Å². The molecule has 0 radical (unpaired) electrons. The minimum atomic E-state index is -0.378. The molecule has 2 aliphatic carbocycles. The lowest BCUT2D eigenvalue weighted by molar-refractivity contribution is -0.140. The third kappa shape index (κ3) is 4.90. The number of nitrogens with one attached hydrogen (secondary N) is 1. The molecule has 3 N–H and O–H groups in total. The van der Waals surface area contributed by atoms with Gasteiger partial charge in [-0.15, -0.1) is 24.8 Å². The minimum Gasteiger partial charge on any atom is -0.340 e. The van der Waals surface area contributed by atoms with Crippen molar-refractivity contribution < 1.29 is 14.0 Å².